The van der Waals surface area contributed by atoms with E-state index in [0.717, 1.165) is 29.2 Å². The van der Waals surface area contributed by atoms with Crippen molar-refractivity contribution < 1.29 is 0 Å². The molecule has 0 bridgehead atoms. The van der Waals surface area contributed by atoms with E-state index in [9.17, 15) is 0 Å². The molecule has 1 rings (SSSR count). The van der Waals surface area contributed by atoms with Gasteiger partial charge < -0.3 is 10.6 Å². The molecule has 3 heteroatoms. The number of nitrogens with two attached hydrogens (primary N) is 1. The first-order valence-corrected chi connectivity index (χ1v) is 4.66. The first-order chi connectivity index (χ1) is 6.11. The minimum absolute atomic E-state index is 0.766. The predicted molar refractivity (Wildman–Crippen MR) is 58.1 cm³/mol. The first kappa shape index (κ1) is 10.4. The van der Waals surface area contributed by atoms with Crippen LogP contribution in [0.15, 0.2) is 18.2 Å². The molecule has 0 atom stereocenters. The Kier molecular flexibility index (Phi) is 3.58. The summed E-state index contributed by atoms with van der Waals surface area (Å²) in [5.74, 6) is 0. The fourth-order valence-electron chi connectivity index (χ4n) is 1.17. The van der Waals surface area contributed by atoms with Gasteiger partial charge >= 0.3 is 0 Å². The highest BCUT2D eigenvalue weighted by molar-refractivity contribution is 6.31. The number of halogens is 1. The van der Waals surface area contributed by atoms with Crippen LogP contribution in [0.25, 0.3) is 0 Å². The molecular formula is C10H15ClN2. The highest BCUT2D eigenvalue weighted by Gasteiger charge is 2.03. The summed E-state index contributed by atoms with van der Waals surface area (Å²) in [4.78, 5) is 2.11. The van der Waals surface area contributed by atoms with Crippen molar-refractivity contribution in [3.05, 3.63) is 28.8 Å². The van der Waals surface area contributed by atoms with E-state index in [-0.39, 0.29) is 0 Å². The van der Waals surface area contributed by atoms with E-state index < -0.39 is 0 Å². The van der Waals surface area contributed by atoms with Crippen molar-refractivity contribution in [2.45, 2.75) is 6.42 Å². The van der Waals surface area contributed by atoms with Crippen LogP contribution in [0.3, 0.4) is 0 Å². The zero-order chi connectivity index (χ0) is 9.84. The lowest BCUT2D eigenvalue weighted by Gasteiger charge is -2.11. The summed E-state index contributed by atoms with van der Waals surface area (Å²) >= 11 is 6.01. The van der Waals surface area contributed by atoms with Crippen molar-refractivity contribution in [1.29, 1.82) is 0 Å². The zero-order valence-electron chi connectivity index (χ0n) is 8.05. The van der Waals surface area contributed by atoms with Gasteiger partial charge in [-0.2, -0.15) is 0 Å². The first-order valence-electron chi connectivity index (χ1n) is 4.29. The number of rotatable bonds is 3. The number of benzene rings is 1. The number of nitrogen functional groups attached to an aromatic ring is 1. The molecule has 0 saturated carbocycles. The SMILES string of the molecule is CN(C)CCc1c(N)cccc1Cl. The largest absolute Gasteiger partial charge is 0.398 e. The molecule has 0 aliphatic carbocycles. The van der Waals surface area contributed by atoms with Crippen LogP contribution in [0, 0.1) is 0 Å². The highest BCUT2D eigenvalue weighted by atomic mass is 35.5. The molecule has 0 spiro atoms. The Balaban J connectivity index is 2.75. The minimum atomic E-state index is 0.766. The maximum Gasteiger partial charge on any atom is 0.0459 e. The van der Waals surface area contributed by atoms with Crippen molar-refractivity contribution >= 4 is 17.3 Å². The Bertz CT molecular complexity index is 264. The van der Waals surface area contributed by atoms with Crippen LogP contribution in [-0.4, -0.2) is 25.5 Å². The Labute approximate surface area is 84.3 Å². The van der Waals surface area contributed by atoms with Gasteiger partial charge in [0.2, 0.25) is 0 Å². The molecule has 0 heterocycles. The van der Waals surface area contributed by atoms with Gasteiger partial charge in [0, 0.05) is 17.3 Å². The van der Waals surface area contributed by atoms with Crippen molar-refractivity contribution in [3.63, 3.8) is 0 Å². The van der Waals surface area contributed by atoms with E-state index in [1.165, 1.54) is 0 Å². The van der Waals surface area contributed by atoms with E-state index in [1.54, 1.807) is 0 Å². The van der Waals surface area contributed by atoms with E-state index in [1.807, 2.05) is 32.3 Å². The summed E-state index contributed by atoms with van der Waals surface area (Å²) in [5, 5.41) is 0.766. The van der Waals surface area contributed by atoms with Gasteiger partial charge in [0.1, 0.15) is 0 Å². The molecule has 2 nitrogen and oxygen atoms in total. The Morgan fingerprint density at radius 3 is 2.62 bits per heavy atom. The molecule has 0 aliphatic heterocycles. The van der Waals surface area contributed by atoms with Gasteiger partial charge in [-0.1, -0.05) is 17.7 Å². The lowest BCUT2D eigenvalue weighted by atomic mass is 10.1. The van der Waals surface area contributed by atoms with Crippen LogP contribution in [0.1, 0.15) is 5.56 Å². The van der Waals surface area contributed by atoms with E-state index in [2.05, 4.69) is 4.90 Å². The molecular weight excluding hydrogens is 184 g/mol. The van der Waals surface area contributed by atoms with Crippen molar-refractivity contribution in [2.75, 3.05) is 26.4 Å². The third kappa shape index (κ3) is 2.90. The monoisotopic (exact) mass is 198 g/mol. The lowest BCUT2D eigenvalue weighted by molar-refractivity contribution is 0.414. The summed E-state index contributed by atoms with van der Waals surface area (Å²) in [5.41, 5.74) is 7.64. The van der Waals surface area contributed by atoms with Crippen LogP contribution in [0.4, 0.5) is 5.69 Å². The molecule has 0 radical (unpaired) electrons. The van der Waals surface area contributed by atoms with Crippen molar-refractivity contribution in [1.82, 2.24) is 4.90 Å². The second-order valence-electron chi connectivity index (χ2n) is 3.36. The minimum Gasteiger partial charge on any atom is -0.398 e. The summed E-state index contributed by atoms with van der Waals surface area (Å²) in [6.45, 7) is 0.966. The van der Waals surface area contributed by atoms with Gasteiger partial charge in [0.15, 0.2) is 0 Å². The number of hydrogen-bond acceptors (Lipinski definition) is 2. The number of anilines is 1. The molecule has 0 fully saturated rings. The number of nitrogens with zero attached hydrogens (tertiary/aromatic N) is 1. The van der Waals surface area contributed by atoms with Crippen LogP contribution in [-0.2, 0) is 6.42 Å². The Morgan fingerprint density at radius 2 is 2.08 bits per heavy atom. The standard InChI is InChI=1S/C10H15ClN2/c1-13(2)7-6-8-9(11)4-3-5-10(8)12/h3-5H,6-7,12H2,1-2H3. The molecule has 0 aliphatic rings. The summed E-state index contributed by atoms with van der Waals surface area (Å²) in [7, 11) is 4.07. The van der Waals surface area contributed by atoms with Crippen LogP contribution in [0.2, 0.25) is 5.02 Å². The third-order valence-electron chi connectivity index (χ3n) is 1.96. The maximum absolute atomic E-state index is 6.01. The molecule has 2 N–H and O–H groups in total. The second-order valence-corrected chi connectivity index (χ2v) is 3.77. The molecule has 0 aromatic heterocycles. The molecule has 72 valence electrons. The van der Waals surface area contributed by atoms with Crippen molar-refractivity contribution in [3.8, 4) is 0 Å². The number of likely N-dealkylation sites (N-methyl/N-ethyl adjacent to an activating group) is 1. The van der Waals surface area contributed by atoms with E-state index in [4.69, 9.17) is 17.3 Å². The Morgan fingerprint density at radius 1 is 1.38 bits per heavy atom. The van der Waals surface area contributed by atoms with E-state index >= 15 is 0 Å². The number of hydrogen-bond donors (Lipinski definition) is 1. The topological polar surface area (TPSA) is 29.3 Å². The van der Waals surface area contributed by atoms with Gasteiger partial charge in [0.05, 0.1) is 0 Å². The maximum atomic E-state index is 6.01. The quantitative estimate of drug-likeness (QED) is 0.754. The lowest BCUT2D eigenvalue weighted by Crippen LogP contribution is -2.15. The fourth-order valence-corrected chi connectivity index (χ4v) is 1.45. The average molecular weight is 199 g/mol. The van der Waals surface area contributed by atoms with Gasteiger partial charge in [0.25, 0.3) is 0 Å². The van der Waals surface area contributed by atoms with Gasteiger partial charge in [-0.15, -0.1) is 0 Å². The highest BCUT2D eigenvalue weighted by Crippen LogP contribution is 2.22. The smallest absolute Gasteiger partial charge is 0.0459 e. The molecule has 0 amide bonds. The molecule has 1 aromatic rings. The van der Waals surface area contributed by atoms with E-state index in [0.29, 0.717) is 0 Å². The molecule has 0 saturated heterocycles. The van der Waals surface area contributed by atoms with Gasteiger partial charge in [-0.3, -0.25) is 0 Å². The summed E-state index contributed by atoms with van der Waals surface area (Å²) in [6.07, 6.45) is 0.901. The fraction of sp³-hybridized carbons (Fsp3) is 0.400. The van der Waals surface area contributed by atoms with Crippen LogP contribution in [0.5, 0.6) is 0 Å². The summed E-state index contributed by atoms with van der Waals surface area (Å²) < 4.78 is 0. The molecule has 1 aromatic carbocycles. The molecule has 13 heavy (non-hydrogen) atoms. The normalized spacial score (nSPS) is 10.8. The summed E-state index contributed by atoms with van der Waals surface area (Å²) in [6, 6.07) is 5.64. The van der Waals surface area contributed by atoms with Crippen LogP contribution < -0.4 is 5.73 Å². The van der Waals surface area contributed by atoms with Crippen molar-refractivity contribution in [2.24, 2.45) is 0 Å². The third-order valence-corrected chi connectivity index (χ3v) is 2.32. The average Bonchev–Trinajstić information content (AvgIpc) is 2.03. The van der Waals surface area contributed by atoms with Gasteiger partial charge in [-0.05, 0) is 38.2 Å². The Hall–Kier alpha value is -0.730. The zero-order valence-corrected chi connectivity index (χ0v) is 8.80. The second kappa shape index (κ2) is 4.49. The predicted octanol–water partition coefficient (Wildman–Crippen LogP) is 2.03. The molecule has 0 unspecified atom stereocenters. The van der Waals surface area contributed by atoms with Crippen LogP contribution >= 0.6 is 11.6 Å². The van der Waals surface area contributed by atoms with Gasteiger partial charge in [-0.25, -0.2) is 0 Å².